The van der Waals surface area contributed by atoms with Crippen molar-refractivity contribution in [3.63, 3.8) is 0 Å². The zero-order valence-corrected chi connectivity index (χ0v) is 18.3. The largest absolute Gasteiger partial charge is 0.379 e. The summed E-state index contributed by atoms with van der Waals surface area (Å²) in [4.78, 5) is 4.38. The molecule has 0 amide bonds. The van der Waals surface area contributed by atoms with Crippen LogP contribution in [0.5, 0.6) is 0 Å². The Balaban J connectivity index is 0.00000338. The molecule has 0 spiro atoms. The number of morpholine rings is 1. The van der Waals surface area contributed by atoms with Crippen LogP contribution in [0.3, 0.4) is 0 Å². The lowest BCUT2D eigenvalue weighted by Gasteiger charge is -2.25. The Hall–Kier alpha value is -0.910. The predicted molar refractivity (Wildman–Crippen MR) is 116 cm³/mol. The number of hydrogen-bond acceptors (Lipinski definition) is 4. The van der Waals surface area contributed by atoms with Crippen molar-refractivity contribution in [2.24, 2.45) is 4.99 Å². The van der Waals surface area contributed by atoms with Crippen LogP contribution in [0.1, 0.15) is 12.5 Å². The monoisotopic (exact) mass is 496 g/mol. The number of ether oxygens (including phenoxy) is 1. The minimum atomic E-state index is -3.27. The van der Waals surface area contributed by atoms with Gasteiger partial charge < -0.3 is 15.4 Å². The van der Waals surface area contributed by atoms with Crippen LogP contribution in [0.25, 0.3) is 0 Å². The number of halogens is 1. The molecule has 0 aliphatic carbocycles. The second-order valence-electron chi connectivity index (χ2n) is 5.75. The topological polar surface area (TPSA) is 83.0 Å². The van der Waals surface area contributed by atoms with Crippen LogP contribution in [0.15, 0.2) is 35.3 Å². The second kappa shape index (κ2) is 12.5. The number of guanidine groups is 1. The van der Waals surface area contributed by atoms with Crippen LogP contribution in [0.4, 0.5) is 0 Å². The summed E-state index contributed by atoms with van der Waals surface area (Å²) in [7, 11) is -3.27. The highest BCUT2D eigenvalue weighted by atomic mass is 127. The van der Waals surface area contributed by atoms with E-state index in [4.69, 9.17) is 4.74 Å². The Morgan fingerprint density at radius 1 is 1.19 bits per heavy atom. The molecule has 1 fully saturated rings. The standard InChI is InChI=1S/C17H28N4O3S.HI/c1-2-18-17(19-9-8-16-6-4-3-5-7-16)20-10-15-25(22,23)21-11-13-24-14-12-21;/h3-7H,2,8-15H2,1H3,(H2,18,19,20);1H. The average Bonchev–Trinajstić information content (AvgIpc) is 2.63. The van der Waals surface area contributed by atoms with Crippen LogP contribution >= 0.6 is 24.0 Å². The molecular weight excluding hydrogens is 467 g/mol. The number of rotatable bonds is 8. The molecule has 9 heteroatoms. The highest BCUT2D eigenvalue weighted by molar-refractivity contribution is 14.0. The van der Waals surface area contributed by atoms with E-state index in [1.54, 1.807) is 0 Å². The highest BCUT2D eigenvalue weighted by Gasteiger charge is 2.23. The maximum atomic E-state index is 12.3. The van der Waals surface area contributed by atoms with Crippen LogP contribution < -0.4 is 10.6 Å². The molecule has 1 heterocycles. The molecule has 0 aromatic heterocycles. The van der Waals surface area contributed by atoms with Gasteiger partial charge in [-0.1, -0.05) is 30.3 Å². The smallest absolute Gasteiger partial charge is 0.216 e. The molecule has 2 rings (SSSR count). The van der Waals surface area contributed by atoms with Crippen LogP contribution in [0.2, 0.25) is 0 Å². The fraction of sp³-hybridized carbons (Fsp3) is 0.588. The third-order valence-corrected chi connectivity index (χ3v) is 5.73. The van der Waals surface area contributed by atoms with E-state index in [1.165, 1.54) is 9.87 Å². The molecule has 0 atom stereocenters. The highest BCUT2D eigenvalue weighted by Crippen LogP contribution is 2.05. The van der Waals surface area contributed by atoms with Gasteiger partial charge >= 0.3 is 0 Å². The first-order valence-electron chi connectivity index (χ1n) is 8.73. The molecule has 0 bridgehead atoms. The summed E-state index contributed by atoms with van der Waals surface area (Å²) in [5.74, 6) is 0.665. The van der Waals surface area contributed by atoms with Crippen LogP contribution in [-0.2, 0) is 21.2 Å². The number of nitrogens with zero attached hydrogens (tertiary/aromatic N) is 2. The van der Waals surface area contributed by atoms with Gasteiger partial charge in [0.2, 0.25) is 10.0 Å². The van der Waals surface area contributed by atoms with E-state index in [2.05, 4.69) is 27.8 Å². The van der Waals surface area contributed by atoms with Crippen LogP contribution in [-0.4, -0.2) is 70.4 Å². The SMILES string of the molecule is CCNC(=NCCS(=O)(=O)N1CCOCC1)NCCc1ccccc1.I. The number of aliphatic imine (C=N–C) groups is 1. The summed E-state index contributed by atoms with van der Waals surface area (Å²) in [5, 5.41) is 6.39. The lowest BCUT2D eigenvalue weighted by molar-refractivity contribution is 0.0731. The molecule has 148 valence electrons. The Kier molecular flexibility index (Phi) is 11.1. The molecule has 7 nitrogen and oxygen atoms in total. The third-order valence-electron chi connectivity index (χ3n) is 3.88. The average molecular weight is 496 g/mol. The van der Waals surface area contributed by atoms with E-state index < -0.39 is 10.0 Å². The molecule has 1 aliphatic rings. The van der Waals surface area contributed by atoms with Crippen molar-refractivity contribution >= 4 is 40.0 Å². The van der Waals surface area contributed by atoms with E-state index in [-0.39, 0.29) is 36.3 Å². The zero-order valence-electron chi connectivity index (χ0n) is 15.2. The Morgan fingerprint density at radius 2 is 1.88 bits per heavy atom. The molecule has 1 aromatic carbocycles. The van der Waals surface area contributed by atoms with Crippen LogP contribution in [0, 0.1) is 0 Å². The lowest BCUT2D eigenvalue weighted by Crippen LogP contribution is -2.42. The summed E-state index contributed by atoms with van der Waals surface area (Å²) in [6.45, 7) is 5.49. The summed E-state index contributed by atoms with van der Waals surface area (Å²) >= 11 is 0. The van der Waals surface area contributed by atoms with Gasteiger partial charge in [-0.05, 0) is 18.9 Å². The molecule has 1 aromatic rings. The van der Waals surface area contributed by atoms with Gasteiger partial charge in [-0.3, -0.25) is 4.99 Å². The first kappa shape index (κ1) is 23.1. The van der Waals surface area contributed by atoms with E-state index in [0.29, 0.717) is 32.3 Å². The quantitative estimate of drug-likeness (QED) is 0.320. The summed E-state index contributed by atoms with van der Waals surface area (Å²) in [5.41, 5.74) is 1.25. The second-order valence-corrected chi connectivity index (χ2v) is 7.84. The van der Waals surface area contributed by atoms with Gasteiger partial charge in [-0.15, -0.1) is 24.0 Å². The van der Waals surface area contributed by atoms with E-state index >= 15 is 0 Å². The predicted octanol–water partition coefficient (Wildman–Crippen LogP) is 1.06. The Bertz CT molecular complexity index is 635. The summed E-state index contributed by atoms with van der Waals surface area (Å²) in [6, 6.07) is 10.2. The molecule has 1 aliphatic heterocycles. The van der Waals surface area contributed by atoms with Crippen molar-refractivity contribution in [2.45, 2.75) is 13.3 Å². The van der Waals surface area contributed by atoms with Crippen molar-refractivity contribution in [2.75, 3.05) is 51.7 Å². The van der Waals surface area contributed by atoms with Gasteiger partial charge in [-0.2, -0.15) is 4.31 Å². The molecule has 0 saturated carbocycles. The van der Waals surface area contributed by atoms with Gasteiger partial charge in [0.05, 0.1) is 25.5 Å². The zero-order chi connectivity index (χ0) is 18.0. The van der Waals surface area contributed by atoms with Gasteiger partial charge in [0, 0.05) is 26.2 Å². The van der Waals surface area contributed by atoms with Crippen molar-refractivity contribution in [3.05, 3.63) is 35.9 Å². The maximum absolute atomic E-state index is 12.3. The Labute approximate surface area is 173 Å². The van der Waals surface area contributed by atoms with Crippen molar-refractivity contribution in [1.82, 2.24) is 14.9 Å². The van der Waals surface area contributed by atoms with Crippen molar-refractivity contribution in [3.8, 4) is 0 Å². The number of hydrogen-bond donors (Lipinski definition) is 2. The molecule has 1 saturated heterocycles. The molecular formula is C17H29IN4O3S. The molecule has 0 unspecified atom stereocenters. The number of sulfonamides is 1. The Morgan fingerprint density at radius 3 is 2.54 bits per heavy atom. The minimum absolute atomic E-state index is 0. The summed E-state index contributed by atoms with van der Waals surface area (Å²) < 4.78 is 31.3. The van der Waals surface area contributed by atoms with Gasteiger partial charge in [0.15, 0.2) is 5.96 Å². The van der Waals surface area contributed by atoms with Crippen molar-refractivity contribution < 1.29 is 13.2 Å². The molecule has 26 heavy (non-hydrogen) atoms. The van der Waals surface area contributed by atoms with Crippen molar-refractivity contribution in [1.29, 1.82) is 0 Å². The fourth-order valence-electron chi connectivity index (χ4n) is 2.54. The van der Waals surface area contributed by atoms with Gasteiger partial charge in [0.1, 0.15) is 0 Å². The summed E-state index contributed by atoms with van der Waals surface area (Å²) in [6.07, 6.45) is 0.886. The van der Waals surface area contributed by atoms with E-state index in [0.717, 1.165) is 19.5 Å². The van der Waals surface area contributed by atoms with Gasteiger partial charge in [-0.25, -0.2) is 8.42 Å². The number of nitrogens with one attached hydrogen (secondary N) is 2. The first-order chi connectivity index (χ1) is 12.1. The number of benzene rings is 1. The van der Waals surface area contributed by atoms with E-state index in [1.807, 2.05) is 25.1 Å². The third kappa shape index (κ3) is 8.19. The first-order valence-corrected chi connectivity index (χ1v) is 10.3. The molecule has 0 radical (unpaired) electrons. The minimum Gasteiger partial charge on any atom is -0.379 e. The normalized spacial score (nSPS) is 16.0. The van der Waals surface area contributed by atoms with Gasteiger partial charge in [0.25, 0.3) is 0 Å². The lowest BCUT2D eigenvalue weighted by atomic mass is 10.1. The van der Waals surface area contributed by atoms with E-state index in [9.17, 15) is 8.42 Å². The maximum Gasteiger partial charge on any atom is 0.216 e. The molecule has 2 N–H and O–H groups in total. The fourth-order valence-corrected chi connectivity index (χ4v) is 3.82.